The zero-order valence-electron chi connectivity index (χ0n) is 21.4. The molecule has 192 valence electrons. The van der Waals surface area contributed by atoms with Gasteiger partial charge in [0.1, 0.15) is 5.69 Å². The summed E-state index contributed by atoms with van der Waals surface area (Å²) in [5.74, 6) is 2.66. The SMILES string of the molecule is Cc1cnc(-n2cc(C(=O)NCC34CC5CC(CC(C5)C3)C4)c(C)n2)nc1C(=O)N1CCC(N)CC1. The summed E-state index contributed by atoms with van der Waals surface area (Å²) < 4.78 is 1.51. The van der Waals surface area contributed by atoms with Crippen LogP contribution < -0.4 is 11.1 Å². The van der Waals surface area contributed by atoms with Crippen molar-refractivity contribution < 1.29 is 9.59 Å². The fourth-order valence-corrected chi connectivity index (χ4v) is 7.67. The number of carbonyl (C=O) groups excluding carboxylic acids is 2. The predicted octanol–water partition coefficient (Wildman–Crippen LogP) is 2.79. The summed E-state index contributed by atoms with van der Waals surface area (Å²) in [6, 6.07) is 0.149. The van der Waals surface area contributed by atoms with Gasteiger partial charge >= 0.3 is 0 Å². The van der Waals surface area contributed by atoms with Gasteiger partial charge in [-0.3, -0.25) is 9.59 Å². The number of carbonyl (C=O) groups is 2. The van der Waals surface area contributed by atoms with Crippen molar-refractivity contribution in [3.05, 3.63) is 34.9 Å². The molecule has 2 amide bonds. The predicted molar refractivity (Wildman–Crippen MR) is 135 cm³/mol. The van der Waals surface area contributed by atoms with Crippen LogP contribution in [0.25, 0.3) is 5.95 Å². The van der Waals surface area contributed by atoms with Crippen LogP contribution in [0.5, 0.6) is 0 Å². The number of aryl methyl sites for hydroxylation is 2. The molecule has 1 saturated heterocycles. The Morgan fingerprint density at radius 3 is 2.36 bits per heavy atom. The summed E-state index contributed by atoms with van der Waals surface area (Å²) in [6.45, 7) is 5.68. The molecule has 3 N–H and O–H groups in total. The van der Waals surface area contributed by atoms with Gasteiger partial charge in [0, 0.05) is 38.1 Å². The number of amides is 2. The number of likely N-dealkylation sites (tertiary alicyclic amines) is 1. The molecule has 0 radical (unpaired) electrons. The monoisotopic (exact) mass is 491 g/mol. The summed E-state index contributed by atoms with van der Waals surface area (Å²) >= 11 is 0. The normalized spacial score (nSPS) is 29.5. The molecule has 0 spiro atoms. The lowest BCUT2D eigenvalue weighted by Crippen LogP contribution is -2.51. The number of nitrogens with one attached hydrogen (secondary N) is 1. The van der Waals surface area contributed by atoms with Crippen LogP contribution in [0.3, 0.4) is 0 Å². The van der Waals surface area contributed by atoms with Crippen LogP contribution >= 0.6 is 0 Å². The molecule has 2 aromatic heterocycles. The van der Waals surface area contributed by atoms with Gasteiger partial charge in [-0.25, -0.2) is 14.6 Å². The smallest absolute Gasteiger partial charge is 0.272 e. The molecule has 4 saturated carbocycles. The van der Waals surface area contributed by atoms with E-state index >= 15 is 0 Å². The lowest BCUT2D eigenvalue weighted by Gasteiger charge is -2.56. The van der Waals surface area contributed by atoms with E-state index in [1.807, 2.05) is 13.8 Å². The van der Waals surface area contributed by atoms with Gasteiger partial charge in [-0.15, -0.1) is 0 Å². The molecule has 9 heteroatoms. The molecular weight excluding hydrogens is 454 g/mol. The first-order valence-corrected chi connectivity index (χ1v) is 13.5. The highest BCUT2D eigenvalue weighted by atomic mass is 16.2. The Kier molecular flexibility index (Phi) is 5.85. The van der Waals surface area contributed by atoms with E-state index in [0.717, 1.165) is 42.7 Å². The highest BCUT2D eigenvalue weighted by Gasteiger charge is 2.50. The Hall–Kier alpha value is -2.81. The molecule has 1 aliphatic heterocycles. The van der Waals surface area contributed by atoms with Gasteiger partial charge in [0.05, 0.1) is 11.3 Å². The van der Waals surface area contributed by atoms with Gasteiger partial charge in [0.25, 0.3) is 17.8 Å². The van der Waals surface area contributed by atoms with E-state index in [1.165, 1.54) is 43.2 Å². The van der Waals surface area contributed by atoms with E-state index in [2.05, 4.69) is 20.4 Å². The number of nitrogens with two attached hydrogens (primary N) is 1. The van der Waals surface area contributed by atoms with Crippen LogP contribution in [0.15, 0.2) is 12.4 Å². The third kappa shape index (κ3) is 4.31. The fourth-order valence-electron chi connectivity index (χ4n) is 7.67. The molecule has 0 aromatic carbocycles. The van der Waals surface area contributed by atoms with Crippen molar-refractivity contribution in [2.45, 2.75) is 71.3 Å². The molecule has 5 fully saturated rings. The third-order valence-electron chi connectivity index (χ3n) is 9.13. The molecule has 5 aliphatic rings. The van der Waals surface area contributed by atoms with Gasteiger partial charge in [0.2, 0.25) is 0 Å². The largest absolute Gasteiger partial charge is 0.351 e. The Morgan fingerprint density at radius 2 is 1.72 bits per heavy atom. The second kappa shape index (κ2) is 8.94. The Morgan fingerprint density at radius 1 is 1.08 bits per heavy atom. The molecule has 7 rings (SSSR count). The average molecular weight is 492 g/mol. The first-order valence-electron chi connectivity index (χ1n) is 13.5. The van der Waals surface area contributed by atoms with Gasteiger partial charge in [0.15, 0.2) is 0 Å². The van der Waals surface area contributed by atoms with E-state index in [9.17, 15) is 9.59 Å². The number of piperidine rings is 1. The van der Waals surface area contributed by atoms with Crippen molar-refractivity contribution in [2.24, 2.45) is 28.9 Å². The quantitative estimate of drug-likeness (QED) is 0.664. The van der Waals surface area contributed by atoms with E-state index in [-0.39, 0.29) is 23.3 Å². The molecule has 2 aromatic rings. The molecule has 36 heavy (non-hydrogen) atoms. The average Bonchev–Trinajstić information content (AvgIpc) is 3.24. The van der Waals surface area contributed by atoms with Gasteiger partial charge in [-0.2, -0.15) is 5.10 Å². The highest BCUT2D eigenvalue weighted by Crippen LogP contribution is 2.59. The Bertz CT molecular complexity index is 1150. The molecule has 3 heterocycles. The van der Waals surface area contributed by atoms with Crippen molar-refractivity contribution in [1.82, 2.24) is 30.0 Å². The maximum Gasteiger partial charge on any atom is 0.272 e. The van der Waals surface area contributed by atoms with Crippen molar-refractivity contribution in [2.75, 3.05) is 19.6 Å². The molecule has 4 bridgehead atoms. The van der Waals surface area contributed by atoms with Crippen molar-refractivity contribution in [1.29, 1.82) is 0 Å². The summed E-state index contributed by atoms with van der Waals surface area (Å²) in [6.07, 6.45) is 12.9. The number of nitrogens with zero attached hydrogens (tertiary/aromatic N) is 5. The number of rotatable bonds is 5. The second-order valence-corrected chi connectivity index (χ2v) is 12.0. The van der Waals surface area contributed by atoms with E-state index in [0.29, 0.717) is 36.0 Å². The van der Waals surface area contributed by atoms with Crippen molar-refractivity contribution >= 4 is 11.8 Å². The van der Waals surface area contributed by atoms with Crippen molar-refractivity contribution in [3.8, 4) is 5.95 Å². The number of aromatic nitrogens is 4. The summed E-state index contributed by atoms with van der Waals surface area (Å²) in [7, 11) is 0. The lowest BCUT2D eigenvalue weighted by molar-refractivity contribution is -0.0503. The zero-order valence-corrected chi connectivity index (χ0v) is 21.4. The van der Waals surface area contributed by atoms with Crippen LogP contribution in [-0.2, 0) is 0 Å². The Balaban J connectivity index is 1.17. The van der Waals surface area contributed by atoms with Crippen LogP contribution in [0.2, 0.25) is 0 Å². The van der Waals surface area contributed by atoms with Crippen molar-refractivity contribution in [3.63, 3.8) is 0 Å². The zero-order chi connectivity index (χ0) is 25.0. The molecule has 0 atom stereocenters. The summed E-state index contributed by atoms with van der Waals surface area (Å²) in [4.78, 5) is 37.1. The minimum atomic E-state index is -0.111. The molecule has 0 unspecified atom stereocenters. The van der Waals surface area contributed by atoms with E-state index in [1.54, 1.807) is 17.3 Å². The van der Waals surface area contributed by atoms with Gasteiger partial charge in [-0.1, -0.05) is 0 Å². The third-order valence-corrected chi connectivity index (χ3v) is 9.13. The lowest BCUT2D eigenvalue weighted by atomic mass is 9.49. The maximum absolute atomic E-state index is 13.2. The molecular formula is C27H37N7O2. The van der Waals surface area contributed by atoms with Crippen LogP contribution in [-0.4, -0.2) is 62.1 Å². The van der Waals surface area contributed by atoms with Crippen LogP contribution in [0.4, 0.5) is 0 Å². The van der Waals surface area contributed by atoms with Crippen LogP contribution in [0.1, 0.15) is 83.5 Å². The molecule has 4 aliphatic carbocycles. The summed E-state index contributed by atoms with van der Waals surface area (Å²) in [5, 5.41) is 7.76. The first kappa shape index (κ1) is 23.6. The minimum Gasteiger partial charge on any atom is -0.351 e. The maximum atomic E-state index is 13.2. The van der Waals surface area contributed by atoms with Gasteiger partial charge < -0.3 is 16.0 Å². The number of hydrogen-bond donors (Lipinski definition) is 2. The van der Waals surface area contributed by atoms with E-state index in [4.69, 9.17) is 5.73 Å². The summed E-state index contributed by atoms with van der Waals surface area (Å²) in [5.41, 5.74) is 8.52. The number of hydrogen-bond acceptors (Lipinski definition) is 6. The Labute approximate surface area is 212 Å². The minimum absolute atomic E-state index is 0.0948. The standard InChI is InChI=1S/C27H37N7O2/c1-16-13-29-26(31-23(16)25(36)33-5-3-21(28)4-6-33)34-14-22(17(2)32-34)24(35)30-15-27-10-18-7-19(11-27)9-20(8-18)12-27/h13-14,18-21H,3-12,15,28H2,1-2H3,(H,30,35). The van der Waals surface area contributed by atoms with E-state index < -0.39 is 0 Å². The second-order valence-electron chi connectivity index (χ2n) is 12.0. The topological polar surface area (TPSA) is 119 Å². The van der Waals surface area contributed by atoms with Gasteiger partial charge in [-0.05, 0) is 93.9 Å². The highest BCUT2D eigenvalue weighted by molar-refractivity contribution is 5.95. The first-order chi connectivity index (χ1) is 17.3. The fraction of sp³-hybridized carbons (Fsp3) is 0.667. The van der Waals surface area contributed by atoms with Crippen LogP contribution in [0, 0.1) is 37.0 Å². The molecule has 9 nitrogen and oxygen atoms in total.